The molecule has 3 rings (SSSR count). The van der Waals surface area contributed by atoms with Gasteiger partial charge < -0.3 is 4.52 Å². The highest BCUT2D eigenvalue weighted by atomic mass is 32.2. The van der Waals surface area contributed by atoms with Crippen molar-refractivity contribution >= 4 is 10.0 Å². The second kappa shape index (κ2) is 7.00. The van der Waals surface area contributed by atoms with Crippen molar-refractivity contribution < 1.29 is 12.9 Å². The van der Waals surface area contributed by atoms with Crippen molar-refractivity contribution in [2.45, 2.75) is 25.6 Å². The minimum absolute atomic E-state index is 0.0152. The Morgan fingerprint density at radius 1 is 1.17 bits per heavy atom. The van der Waals surface area contributed by atoms with Crippen LogP contribution in [0.5, 0.6) is 0 Å². The Kier molecular flexibility index (Phi) is 4.98. The number of aromatic nitrogens is 2. The van der Waals surface area contributed by atoms with E-state index in [4.69, 9.17) is 4.52 Å². The number of rotatable bonds is 5. The molecule has 8 heteroatoms. The van der Waals surface area contributed by atoms with Gasteiger partial charge in [-0.25, -0.2) is 8.42 Å². The first-order chi connectivity index (χ1) is 11.5. The number of benzene rings is 1. The fraction of sp³-hybridized carbons (Fsp3) is 0.500. The molecule has 2 heterocycles. The van der Waals surface area contributed by atoms with Gasteiger partial charge in [0.05, 0.1) is 11.8 Å². The van der Waals surface area contributed by atoms with Crippen LogP contribution in [-0.2, 0) is 15.8 Å². The lowest BCUT2D eigenvalue weighted by Gasteiger charge is -2.36. The maximum absolute atomic E-state index is 12.6. The summed E-state index contributed by atoms with van der Waals surface area (Å²) in [4.78, 5) is 6.44. The third-order valence-corrected chi connectivity index (χ3v) is 6.17. The largest absolute Gasteiger partial charge is 0.340 e. The molecule has 1 saturated heterocycles. The van der Waals surface area contributed by atoms with Crippen molar-refractivity contribution in [3.05, 3.63) is 47.6 Å². The zero-order valence-electron chi connectivity index (χ0n) is 13.9. The van der Waals surface area contributed by atoms with Crippen LogP contribution in [0.4, 0.5) is 0 Å². The fourth-order valence-corrected chi connectivity index (χ4v) is 4.41. The topological polar surface area (TPSA) is 79.5 Å². The number of piperazine rings is 1. The molecule has 1 atom stereocenters. The maximum Gasteiger partial charge on any atom is 0.223 e. The molecule has 1 unspecified atom stereocenters. The molecule has 0 amide bonds. The first kappa shape index (κ1) is 17.1. The third kappa shape index (κ3) is 3.82. The van der Waals surface area contributed by atoms with Crippen molar-refractivity contribution in [3.8, 4) is 0 Å². The maximum atomic E-state index is 12.6. The van der Waals surface area contributed by atoms with Gasteiger partial charge in [0.25, 0.3) is 0 Å². The molecule has 0 aliphatic carbocycles. The van der Waals surface area contributed by atoms with E-state index in [1.54, 1.807) is 11.2 Å². The Morgan fingerprint density at radius 2 is 1.83 bits per heavy atom. The van der Waals surface area contributed by atoms with Gasteiger partial charge in [0.15, 0.2) is 5.82 Å². The predicted octanol–water partition coefficient (Wildman–Crippen LogP) is 1.59. The third-order valence-electron chi connectivity index (χ3n) is 4.32. The predicted molar refractivity (Wildman–Crippen MR) is 89.7 cm³/mol. The molecule has 1 aromatic heterocycles. The molecule has 7 nitrogen and oxygen atoms in total. The van der Waals surface area contributed by atoms with E-state index in [2.05, 4.69) is 15.0 Å². The van der Waals surface area contributed by atoms with Gasteiger partial charge in [0.2, 0.25) is 15.9 Å². The van der Waals surface area contributed by atoms with Crippen LogP contribution < -0.4 is 0 Å². The zero-order chi connectivity index (χ0) is 17.2. The molecule has 1 aromatic carbocycles. The summed E-state index contributed by atoms with van der Waals surface area (Å²) in [5.41, 5.74) is 0.815. The van der Waals surface area contributed by atoms with Crippen LogP contribution >= 0.6 is 0 Å². The normalized spacial score (nSPS) is 18.6. The Bertz CT molecular complexity index is 768. The van der Waals surface area contributed by atoms with Gasteiger partial charge in [-0.05, 0) is 12.5 Å². The minimum Gasteiger partial charge on any atom is -0.340 e. The van der Waals surface area contributed by atoms with E-state index in [0.29, 0.717) is 37.9 Å². The summed E-state index contributed by atoms with van der Waals surface area (Å²) in [5.74, 6) is 1.24. The molecule has 0 bridgehead atoms. The van der Waals surface area contributed by atoms with Crippen molar-refractivity contribution in [3.63, 3.8) is 0 Å². The lowest BCUT2D eigenvalue weighted by molar-refractivity contribution is 0.139. The lowest BCUT2D eigenvalue weighted by Crippen LogP contribution is -2.49. The SMILES string of the molecule is Cc1nc(C(C)N2CCN(S(=O)(=O)Cc3ccccc3)CC2)no1. The van der Waals surface area contributed by atoms with Gasteiger partial charge in [0, 0.05) is 33.1 Å². The lowest BCUT2D eigenvalue weighted by atomic mass is 10.2. The molecule has 0 radical (unpaired) electrons. The molecule has 1 aliphatic heterocycles. The molecular formula is C16H22N4O3S. The molecule has 24 heavy (non-hydrogen) atoms. The van der Waals surface area contributed by atoms with Crippen LogP contribution in [0.15, 0.2) is 34.9 Å². The van der Waals surface area contributed by atoms with Gasteiger partial charge in [-0.3, -0.25) is 4.90 Å². The number of hydrogen-bond donors (Lipinski definition) is 0. The number of nitrogens with zero attached hydrogens (tertiary/aromatic N) is 4. The highest BCUT2D eigenvalue weighted by Gasteiger charge is 2.30. The Hall–Kier alpha value is -1.77. The Morgan fingerprint density at radius 3 is 2.42 bits per heavy atom. The summed E-state index contributed by atoms with van der Waals surface area (Å²) in [6.07, 6.45) is 0. The summed E-state index contributed by atoms with van der Waals surface area (Å²) in [7, 11) is -3.29. The summed E-state index contributed by atoms with van der Waals surface area (Å²) < 4.78 is 31.7. The summed E-state index contributed by atoms with van der Waals surface area (Å²) in [6, 6.07) is 9.30. The molecule has 0 spiro atoms. The van der Waals surface area contributed by atoms with Crippen molar-refractivity contribution in [1.29, 1.82) is 0 Å². The van der Waals surface area contributed by atoms with Gasteiger partial charge >= 0.3 is 0 Å². The van der Waals surface area contributed by atoms with Crippen molar-refractivity contribution in [2.75, 3.05) is 26.2 Å². The van der Waals surface area contributed by atoms with Crippen LogP contribution in [0, 0.1) is 6.92 Å². The smallest absolute Gasteiger partial charge is 0.223 e. The highest BCUT2D eigenvalue weighted by molar-refractivity contribution is 7.88. The summed E-state index contributed by atoms with van der Waals surface area (Å²) in [5, 5.41) is 3.95. The minimum atomic E-state index is -3.29. The van der Waals surface area contributed by atoms with Crippen molar-refractivity contribution in [2.24, 2.45) is 0 Å². The van der Waals surface area contributed by atoms with E-state index in [-0.39, 0.29) is 11.8 Å². The van der Waals surface area contributed by atoms with Crippen LogP contribution in [0.1, 0.15) is 30.2 Å². The zero-order valence-corrected chi connectivity index (χ0v) is 14.7. The molecule has 2 aromatic rings. The molecule has 0 N–H and O–H groups in total. The van der Waals surface area contributed by atoms with Gasteiger partial charge in [0.1, 0.15) is 0 Å². The second-order valence-electron chi connectivity index (χ2n) is 6.02. The van der Waals surface area contributed by atoms with Crippen LogP contribution in [0.2, 0.25) is 0 Å². The van der Waals surface area contributed by atoms with E-state index >= 15 is 0 Å². The number of aryl methyl sites for hydroxylation is 1. The Balaban J connectivity index is 1.60. The number of hydrogen-bond acceptors (Lipinski definition) is 6. The molecule has 1 fully saturated rings. The van der Waals surface area contributed by atoms with E-state index in [1.165, 1.54) is 0 Å². The summed E-state index contributed by atoms with van der Waals surface area (Å²) in [6.45, 7) is 6.05. The standard InChI is InChI=1S/C16H22N4O3S/c1-13(16-17-14(2)23-18-16)19-8-10-20(11-9-19)24(21,22)12-15-6-4-3-5-7-15/h3-7,13H,8-12H2,1-2H3. The van der Waals surface area contributed by atoms with Crippen molar-refractivity contribution in [1.82, 2.24) is 19.3 Å². The second-order valence-corrected chi connectivity index (χ2v) is 7.99. The van der Waals surface area contributed by atoms with E-state index in [1.807, 2.05) is 37.3 Å². The Labute approximate surface area is 142 Å². The van der Waals surface area contributed by atoms with Gasteiger partial charge in [-0.1, -0.05) is 35.5 Å². The highest BCUT2D eigenvalue weighted by Crippen LogP contribution is 2.21. The molecule has 1 aliphatic rings. The van der Waals surface area contributed by atoms with Gasteiger partial charge in [-0.15, -0.1) is 0 Å². The average Bonchev–Trinajstić information content (AvgIpc) is 3.01. The molecule has 0 saturated carbocycles. The van der Waals surface area contributed by atoms with Crippen LogP contribution in [-0.4, -0.2) is 53.9 Å². The first-order valence-electron chi connectivity index (χ1n) is 8.02. The molecule has 130 valence electrons. The van der Waals surface area contributed by atoms with Gasteiger partial charge in [-0.2, -0.15) is 9.29 Å². The number of sulfonamides is 1. The molecular weight excluding hydrogens is 328 g/mol. The quantitative estimate of drug-likeness (QED) is 0.815. The monoisotopic (exact) mass is 350 g/mol. The van der Waals surface area contributed by atoms with E-state index in [0.717, 1.165) is 5.56 Å². The first-order valence-corrected chi connectivity index (χ1v) is 9.62. The van der Waals surface area contributed by atoms with E-state index < -0.39 is 10.0 Å². The average molecular weight is 350 g/mol. The van der Waals surface area contributed by atoms with E-state index in [9.17, 15) is 8.42 Å². The van der Waals surface area contributed by atoms with Crippen LogP contribution in [0.3, 0.4) is 0 Å². The summed E-state index contributed by atoms with van der Waals surface area (Å²) >= 11 is 0. The fourth-order valence-electron chi connectivity index (χ4n) is 2.89. The van der Waals surface area contributed by atoms with Crippen LogP contribution in [0.25, 0.3) is 0 Å².